The van der Waals surface area contributed by atoms with Gasteiger partial charge in [-0.15, -0.1) is 0 Å². The molecule has 0 N–H and O–H groups in total. The SMILES string of the molecule is CCCN1CC(=O)N(CC2(CS)CC2)CC1=O. The Bertz CT molecular complexity index is 328. The van der Waals surface area contributed by atoms with Crippen LogP contribution in [0.1, 0.15) is 26.2 Å². The van der Waals surface area contributed by atoms with Gasteiger partial charge in [-0.1, -0.05) is 6.92 Å². The third kappa shape index (κ3) is 2.76. The summed E-state index contributed by atoms with van der Waals surface area (Å²) in [5.41, 5.74) is 0.200. The molecule has 1 saturated heterocycles. The molecule has 5 heteroatoms. The zero-order chi connectivity index (χ0) is 12.5. The second kappa shape index (κ2) is 4.88. The van der Waals surface area contributed by atoms with Crippen molar-refractivity contribution < 1.29 is 9.59 Å². The Morgan fingerprint density at radius 2 is 1.76 bits per heavy atom. The first-order valence-corrected chi connectivity index (χ1v) is 6.90. The summed E-state index contributed by atoms with van der Waals surface area (Å²) < 4.78 is 0. The smallest absolute Gasteiger partial charge is 0.242 e. The fourth-order valence-electron chi connectivity index (χ4n) is 2.27. The Balaban J connectivity index is 1.93. The highest BCUT2D eigenvalue weighted by atomic mass is 32.1. The molecule has 2 aliphatic rings. The van der Waals surface area contributed by atoms with E-state index in [1.807, 2.05) is 6.92 Å². The molecule has 0 spiro atoms. The average Bonchev–Trinajstić information content (AvgIpc) is 3.06. The monoisotopic (exact) mass is 256 g/mol. The van der Waals surface area contributed by atoms with Crippen molar-refractivity contribution >= 4 is 24.4 Å². The van der Waals surface area contributed by atoms with Crippen LogP contribution in [0, 0.1) is 5.41 Å². The predicted molar refractivity (Wildman–Crippen MR) is 69.0 cm³/mol. The number of amides is 2. The van der Waals surface area contributed by atoms with Gasteiger partial charge < -0.3 is 9.80 Å². The lowest BCUT2D eigenvalue weighted by Gasteiger charge is -2.35. The minimum Gasteiger partial charge on any atom is -0.332 e. The first kappa shape index (κ1) is 12.7. The van der Waals surface area contributed by atoms with Crippen LogP contribution < -0.4 is 0 Å². The Hall–Kier alpha value is -0.710. The van der Waals surface area contributed by atoms with Gasteiger partial charge in [0.05, 0.1) is 13.1 Å². The van der Waals surface area contributed by atoms with E-state index in [4.69, 9.17) is 0 Å². The topological polar surface area (TPSA) is 40.6 Å². The molecule has 0 unspecified atom stereocenters. The van der Waals surface area contributed by atoms with Gasteiger partial charge in [-0.05, 0) is 30.4 Å². The average molecular weight is 256 g/mol. The van der Waals surface area contributed by atoms with E-state index in [2.05, 4.69) is 12.6 Å². The molecular formula is C12H20N2O2S. The molecule has 2 rings (SSSR count). The molecule has 0 aromatic rings. The molecule has 0 aromatic carbocycles. The van der Waals surface area contributed by atoms with E-state index in [1.165, 1.54) is 0 Å². The highest BCUT2D eigenvalue weighted by molar-refractivity contribution is 7.80. The van der Waals surface area contributed by atoms with Crippen molar-refractivity contribution in [2.24, 2.45) is 5.41 Å². The van der Waals surface area contributed by atoms with E-state index >= 15 is 0 Å². The van der Waals surface area contributed by atoms with Gasteiger partial charge >= 0.3 is 0 Å². The molecule has 96 valence electrons. The number of carbonyl (C=O) groups is 2. The summed E-state index contributed by atoms with van der Waals surface area (Å²) in [7, 11) is 0. The largest absolute Gasteiger partial charge is 0.332 e. The number of hydrogen-bond donors (Lipinski definition) is 1. The predicted octanol–water partition coefficient (Wildman–Crippen LogP) is 0.777. The van der Waals surface area contributed by atoms with E-state index in [0.717, 1.165) is 25.0 Å². The van der Waals surface area contributed by atoms with Crippen molar-refractivity contribution in [3.8, 4) is 0 Å². The number of rotatable bonds is 5. The Labute approximate surface area is 108 Å². The van der Waals surface area contributed by atoms with E-state index in [0.29, 0.717) is 13.1 Å². The van der Waals surface area contributed by atoms with Crippen LogP contribution >= 0.6 is 12.6 Å². The number of thiol groups is 1. The molecule has 0 radical (unpaired) electrons. The van der Waals surface area contributed by atoms with Crippen LogP contribution in [0.25, 0.3) is 0 Å². The zero-order valence-electron chi connectivity index (χ0n) is 10.3. The number of piperazine rings is 1. The molecular weight excluding hydrogens is 236 g/mol. The normalized spacial score (nSPS) is 23.2. The number of carbonyl (C=O) groups excluding carboxylic acids is 2. The minimum atomic E-state index is 0.0846. The van der Waals surface area contributed by atoms with Crippen molar-refractivity contribution in [3.05, 3.63) is 0 Å². The van der Waals surface area contributed by atoms with Crippen molar-refractivity contribution in [2.75, 3.05) is 31.9 Å². The van der Waals surface area contributed by atoms with Crippen molar-refractivity contribution in [1.82, 2.24) is 9.80 Å². The third-order valence-electron chi connectivity index (χ3n) is 3.67. The number of nitrogens with zero attached hydrogens (tertiary/aromatic N) is 2. The van der Waals surface area contributed by atoms with E-state index in [1.54, 1.807) is 9.80 Å². The zero-order valence-corrected chi connectivity index (χ0v) is 11.2. The summed E-state index contributed by atoms with van der Waals surface area (Å²) in [6, 6.07) is 0. The van der Waals surface area contributed by atoms with Gasteiger partial charge in [0, 0.05) is 13.1 Å². The van der Waals surface area contributed by atoms with E-state index in [-0.39, 0.29) is 30.3 Å². The maximum absolute atomic E-state index is 12.0. The Kier molecular flexibility index (Phi) is 3.66. The highest BCUT2D eigenvalue weighted by Crippen LogP contribution is 2.47. The maximum Gasteiger partial charge on any atom is 0.242 e. The fourth-order valence-corrected chi connectivity index (χ4v) is 2.68. The number of hydrogen-bond acceptors (Lipinski definition) is 3. The second-order valence-corrected chi connectivity index (χ2v) is 5.54. The van der Waals surface area contributed by atoms with E-state index < -0.39 is 0 Å². The summed E-state index contributed by atoms with van der Waals surface area (Å²) in [5, 5.41) is 0. The lowest BCUT2D eigenvalue weighted by atomic mass is 10.1. The molecule has 0 atom stereocenters. The minimum absolute atomic E-state index is 0.0846. The summed E-state index contributed by atoms with van der Waals surface area (Å²) >= 11 is 4.33. The maximum atomic E-state index is 12.0. The van der Waals surface area contributed by atoms with Crippen LogP contribution in [0.5, 0.6) is 0 Å². The lowest BCUT2D eigenvalue weighted by Crippen LogP contribution is -2.55. The molecule has 1 aliphatic carbocycles. The van der Waals surface area contributed by atoms with Gasteiger partial charge in [0.2, 0.25) is 11.8 Å². The lowest BCUT2D eigenvalue weighted by molar-refractivity contribution is -0.150. The summed E-state index contributed by atoms with van der Waals surface area (Å²) in [6.07, 6.45) is 3.17. The Morgan fingerprint density at radius 3 is 2.29 bits per heavy atom. The molecule has 1 saturated carbocycles. The fraction of sp³-hybridized carbons (Fsp3) is 0.833. The summed E-state index contributed by atoms with van der Waals surface area (Å²) in [6.45, 7) is 3.94. The van der Waals surface area contributed by atoms with Crippen LogP contribution in [0.2, 0.25) is 0 Å². The molecule has 2 amide bonds. The van der Waals surface area contributed by atoms with Crippen molar-refractivity contribution in [3.63, 3.8) is 0 Å². The van der Waals surface area contributed by atoms with Crippen LogP contribution in [0.3, 0.4) is 0 Å². The molecule has 0 bridgehead atoms. The van der Waals surface area contributed by atoms with Crippen molar-refractivity contribution in [1.29, 1.82) is 0 Å². The molecule has 2 fully saturated rings. The van der Waals surface area contributed by atoms with Gasteiger partial charge in [-0.25, -0.2) is 0 Å². The van der Waals surface area contributed by atoms with Crippen molar-refractivity contribution in [2.45, 2.75) is 26.2 Å². The summed E-state index contributed by atoms with van der Waals surface area (Å²) in [4.78, 5) is 27.2. The van der Waals surface area contributed by atoms with Crippen LogP contribution in [0.4, 0.5) is 0 Å². The molecule has 0 aromatic heterocycles. The summed E-state index contributed by atoms with van der Waals surface area (Å²) in [5.74, 6) is 0.983. The first-order chi connectivity index (χ1) is 8.10. The van der Waals surface area contributed by atoms with Crippen LogP contribution in [-0.2, 0) is 9.59 Å². The van der Waals surface area contributed by atoms with Gasteiger partial charge in [0.1, 0.15) is 0 Å². The van der Waals surface area contributed by atoms with Gasteiger partial charge in [-0.3, -0.25) is 9.59 Å². The third-order valence-corrected chi connectivity index (χ3v) is 4.34. The Morgan fingerprint density at radius 1 is 1.18 bits per heavy atom. The highest BCUT2D eigenvalue weighted by Gasteiger charge is 2.44. The van der Waals surface area contributed by atoms with E-state index in [9.17, 15) is 9.59 Å². The molecule has 1 aliphatic heterocycles. The molecule has 4 nitrogen and oxygen atoms in total. The molecule has 17 heavy (non-hydrogen) atoms. The molecule has 1 heterocycles. The quantitative estimate of drug-likeness (QED) is 0.738. The van der Waals surface area contributed by atoms with Gasteiger partial charge in [-0.2, -0.15) is 12.6 Å². The van der Waals surface area contributed by atoms with Gasteiger partial charge in [0.15, 0.2) is 0 Å². The van der Waals surface area contributed by atoms with Crippen LogP contribution in [-0.4, -0.2) is 53.5 Å². The van der Waals surface area contributed by atoms with Crippen LogP contribution in [0.15, 0.2) is 0 Å². The van der Waals surface area contributed by atoms with Gasteiger partial charge in [0.25, 0.3) is 0 Å². The second-order valence-electron chi connectivity index (χ2n) is 5.22. The first-order valence-electron chi connectivity index (χ1n) is 6.27. The standard InChI is InChI=1S/C12H20N2O2S/c1-2-5-13-6-11(16)14(7-10(13)15)8-12(9-17)3-4-12/h17H,2-9H2,1H3.